The van der Waals surface area contributed by atoms with Gasteiger partial charge in [0.25, 0.3) is 0 Å². The summed E-state index contributed by atoms with van der Waals surface area (Å²) in [6, 6.07) is 17.4. The van der Waals surface area contributed by atoms with Gasteiger partial charge in [-0.2, -0.15) is 0 Å². The average Bonchev–Trinajstić information content (AvgIpc) is 2.67. The Labute approximate surface area is 152 Å². The summed E-state index contributed by atoms with van der Waals surface area (Å²) in [4.78, 5) is 15.6. The lowest BCUT2D eigenvalue weighted by Crippen LogP contribution is -2.26. The van der Waals surface area contributed by atoms with Crippen LogP contribution in [0.5, 0.6) is 5.75 Å². The third kappa shape index (κ3) is 4.37. The van der Waals surface area contributed by atoms with Crippen molar-refractivity contribution in [2.24, 2.45) is 0 Å². The van der Waals surface area contributed by atoms with Crippen molar-refractivity contribution in [1.82, 2.24) is 4.98 Å². The minimum Gasteiger partial charge on any atom is -0.489 e. The molecule has 1 aromatic heterocycles. The zero-order valence-electron chi connectivity index (χ0n) is 14.6. The van der Waals surface area contributed by atoms with E-state index < -0.39 is 12.1 Å². The Hall–Kier alpha value is -2.92. The third-order valence-electron chi connectivity index (χ3n) is 4.10. The molecule has 0 amide bonds. The van der Waals surface area contributed by atoms with Gasteiger partial charge in [-0.3, -0.25) is 4.98 Å². The summed E-state index contributed by atoms with van der Waals surface area (Å²) in [5.74, 6) is -0.222. The Morgan fingerprint density at radius 3 is 2.62 bits per heavy atom. The van der Waals surface area contributed by atoms with Crippen LogP contribution < -0.4 is 4.74 Å². The van der Waals surface area contributed by atoms with E-state index in [4.69, 9.17) is 14.6 Å². The summed E-state index contributed by atoms with van der Waals surface area (Å²) < 4.78 is 11.1. The van der Waals surface area contributed by atoms with Gasteiger partial charge in [0, 0.05) is 30.2 Å². The molecule has 0 radical (unpaired) electrons. The van der Waals surface area contributed by atoms with Crippen LogP contribution in [0.3, 0.4) is 0 Å². The Balaban J connectivity index is 1.65. The fourth-order valence-corrected chi connectivity index (χ4v) is 2.80. The lowest BCUT2D eigenvalue weighted by Gasteiger charge is -2.13. The van der Waals surface area contributed by atoms with Crippen molar-refractivity contribution in [3.05, 3.63) is 71.9 Å². The molecule has 134 valence electrons. The van der Waals surface area contributed by atoms with E-state index in [1.54, 1.807) is 13.1 Å². The topological polar surface area (TPSA) is 68.7 Å². The first-order chi connectivity index (χ1) is 12.7. The van der Waals surface area contributed by atoms with Gasteiger partial charge < -0.3 is 14.6 Å². The summed E-state index contributed by atoms with van der Waals surface area (Å²) >= 11 is 0. The number of nitrogens with zero attached hydrogens (tertiary/aromatic N) is 1. The molecule has 0 aliphatic carbocycles. The van der Waals surface area contributed by atoms with Gasteiger partial charge in [-0.25, -0.2) is 4.79 Å². The maximum absolute atomic E-state index is 11.2. The van der Waals surface area contributed by atoms with Gasteiger partial charge in [-0.15, -0.1) is 0 Å². The van der Waals surface area contributed by atoms with Crippen molar-refractivity contribution in [2.45, 2.75) is 26.1 Å². The van der Waals surface area contributed by atoms with Crippen LogP contribution in [0, 0.1) is 0 Å². The Morgan fingerprint density at radius 1 is 1.12 bits per heavy atom. The number of aromatic nitrogens is 1. The number of benzene rings is 2. The Kier molecular flexibility index (Phi) is 5.81. The fraction of sp³-hybridized carbons (Fsp3) is 0.238. The highest BCUT2D eigenvalue weighted by atomic mass is 16.5. The smallest absolute Gasteiger partial charge is 0.333 e. The lowest BCUT2D eigenvalue weighted by molar-refractivity contribution is -0.149. The van der Waals surface area contributed by atoms with Crippen LogP contribution in [0.1, 0.15) is 18.1 Å². The molecule has 1 atom stereocenters. The molecule has 1 unspecified atom stereocenters. The first-order valence-corrected chi connectivity index (χ1v) is 8.56. The predicted molar refractivity (Wildman–Crippen MR) is 99.3 cm³/mol. The highest BCUT2D eigenvalue weighted by Gasteiger charge is 2.17. The quantitative estimate of drug-likeness (QED) is 0.668. The molecule has 3 aromatic rings. The maximum Gasteiger partial charge on any atom is 0.333 e. The molecule has 3 rings (SSSR count). The molecule has 0 bridgehead atoms. The molecule has 2 aromatic carbocycles. The Bertz CT molecular complexity index is 871. The highest BCUT2D eigenvalue weighted by Crippen LogP contribution is 2.20. The van der Waals surface area contributed by atoms with Gasteiger partial charge >= 0.3 is 5.97 Å². The molecule has 0 saturated carbocycles. The van der Waals surface area contributed by atoms with Crippen molar-refractivity contribution < 1.29 is 19.4 Å². The Morgan fingerprint density at radius 2 is 1.88 bits per heavy atom. The van der Waals surface area contributed by atoms with Crippen LogP contribution >= 0.6 is 0 Å². The zero-order valence-corrected chi connectivity index (χ0v) is 14.6. The second-order valence-electron chi connectivity index (χ2n) is 5.91. The molecule has 0 fully saturated rings. The number of para-hydroxylation sites is 1. The molecule has 0 aliphatic rings. The van der Waals surface area contributed by atoms with Crippen molar-refractivity contribution in [1.29, 1.82) is 0 Å². The monoisotopic (exact) mass is 351 g/mol. The van der Waals surface area contributed by atoms with Crippen LogP contribution in [-0.4, -0.2) is 28.8 Å². The number of ether oxygens (including phenoxy) is 2. The van der Waals surface area contributed by atoms with E-state index in [9.17, 15) is 4.79 Å². The number of carboxylic acid groups (broad SMARTS) is 1. The van der Waals surface area contributed by atoms with Crippen LogP contribution in [0.4, 0.5) is 0 Å². The van der Waals surface area contributed by atoms with Crippen molar-refractivity contribution in [3.8, 4) is 5.75 Å². The molecular weight excluding hydrogens is 330 g/mol. The van der Waals surface area contributed by atoms with Crippen LogP contribution in [0.25, 0.3) is 10.9 Å². The second kappa shape index (κ2) is 8.45. The summed E-state index contributed by atoms with van der Waals surface area (Å²) in [6.07, 6.45) is 1.28. The first-order valence-electron chi connectivity index (χ1n) is 8.56. The van der Waals surface area contributed by atoms with Crippen molar-refractivity contribution in [2.75, 3.05) is 6.61 Å². The van der Waals surface area contributed by atoms with E-state index >= 15 is 0 Å². The standard InChI is InChI=1S/C21H21NO4/c1-2-25-19(21(23)24)13-15-8-10-18(11-9-15)26-14-17-6-3-5-16-7-4-12-22-20(16)17/h3-12,19H,2,13-14H2,1H3,(H,23,24). The van der Waals surface area contributed by atoms with Gasteiger partial charge in [0.1, 0.15) is 12.4 Å². The maximum atomic E-state index is 11.2. The number of aliphatic carboxylic acids is 1. The number of pyridine rings is 1. The van der Waals surface area contributed by atoms with Crippen molar-refractivity contribution in [3.63, 3.8) is 0 Å². The minimum absolute atomic E-state index is 0.330. The fourth-order valence-electron chi connectivity index (χ4n) is 2.80. The lowest BCUT2D eigenvalue weighted by atomic mass is 10.1. The summed E-state index contributed by atoms with van der Waals surface area (Å²) in [6.45, 7) is 2.58. The largest absolute Gasteiger partial charge is 0.489 e. The molecule has 5 nitrogen and oxygen atoms in total. The van der Waals surface area contributed by atoms with E-state index in [0.717, 1.165) is 27.8 Å². The van der Waals surface area contributed by atoms with Gasteiger partial charge in [0.2, 0.25) is 0 Å². The predicted octanol–water partition coefficient (Wildman–Crippen LogP) is 3.85. The number of rotatable bonds is 8. The van der Waals surface area contributed by atoms with Crippen molar-refractivity contribution >= 4 is 16.9 Å². The van der Waals surface area contributed by atoms with Gasteiger partial charge in [0.15, 0.2) is 6.10 Å². The van der Waals surface area contributed by atoms with Crippen LogP contribution in [0.15, 0.2) is 60.8 Å². The average molecular weight is 351 g/mol. The second-order valence-corrected chi connectivity index (χ2v) is 5.91. The molecule has 1 heterocycles. The molecule has 0 spiro atoms. The minimum atomic E-state index is -0.948. The first kappa shape index (κ1) is 17.9. The number of carboxylic acids is 1. The molecule has 5 heteroatoms. The van der Waals surface area contributed by atoms with Gasteiger partial charge in [0.05, 0.1) is 5.52 Å². The van der Waals surface area contributed by atoms with E-state index in [2.05, 4.69) is 4.98 Å². The third-order valence-corrected chi connectivity index (χ3v) is 4.10. The molecule has 1 N–H and O–H groups in total. The van der Waals surface area contributed by atoms with E-state index in [1.165, 1.54) is 0 Å². The van der Waals surface area contributed by atoms with Crippen LogP contribution in [-0.2, 0) is 22.6 Å². The van der Waals surface area contributed by atoms with Gasteiger partial charge in [-0.05, 0) is 30.7 Å². The van der Waals surface area contributed by atoms with Crippen LogP contribution in [0.2, 0.25) is 0 Å². The number of carbonyl (C=O) groups is 1. The SMILES string of the molecule is CCOC(Cc1ccc(OCc2cccc3cccnc23)cc1)C(=O)O. The number of hydrogen-bond donors (Lipinski definition) is 1. The van der Waals surface area contributed by atoms with E-state index in [0.29, 0.717) is 19.6 Å². The molecule has 0 saturated heterocycles. The van der Waals surface area contributed by atoms with E-state index in [-0.39, 0.29) is 0 Å². The molecular formula is C21H21NO4. The number of hydrogen-bond acceptors (Lipinski definition) is 4. The zero-order chi connectivity index (χ0) is 18.4. The summed E-state index contributed by atoms with van der Waals surface area (Å²) in [5.41, 5.74) is 2.85. The molecule has 0 aliphatic heterocycles. The summed E-state index contributed by atoms with van der Waals surface area (Å²) in [7, 11) is 0. The number of fused-ring (bicyclic) bond motifs is 1. The van der Waals surface area contributed by atoms with E-state index in [1.807, 2.05) is 54.6 Å². The normalized spacial score (nSPS) is 12.0. The summed E-state index contributed by atoms with van der Waals surface area (Å²) in [5, 5.41) is 10.2. The van der Waals surface area contributed by atoms with Gasteiger partial charge in [-0.1, -0.05) is 36.4 Å². The highest BCUT2D eigenvalue weighted by molar-refractivity contribution is 5.81. The molecule has 26 heavy (non-hydrogen) atoms.